The average molecular weight is 336 g/mol. The van der Waals surface area contributed by atoms with Gasteiger partial charge in [-0.15, -0.1) is 11.8 Å². The Morgan fingerprint density at radius 3 is 2.73 bits per heavy atom. The van der Waals surface area contributed by atoms with Crippen LogP contribution in [0, 0.1) is 0 Å². The molecule has 0 radical (unpaired) electrons. The van der Waals surface area contributed by atoms with Gasteiger partial charge in [0.05, 0.1) is 6.61 Å². The molecule has 0 atom stereocenters. The van der Waals surface area contributed by atoms with Crippen molar-refractivity contribution >= 4 is 29.3 Å². The SMILES string of the molecule is COCc1cccc(C(=O)NCCSc2ccc(Cl)cc2)c1. The number of nitrogens with one attached hydrogen (secondary N) is 1. The number of benzene rings is 2. The lowest BCUT2D eigenvalue weighted by molar-refractivity contribution is 0.0956. The van der Waals surface area contributed by atoms with Gasteiger partial charge in [0, 0.05) is 34.9 Å². The Morgan fingerprint density at radius 1 is 1.23 bits per heavy atom. The number of hydrogen-bond acceptors (Lipinski definition) is 3. The van der Waals surface area contributed by atoms with Crippen molar-refractivity contribution in [2.24, 2.45) is 0 Å². The molecule has 2 aromatic carbocycles. The number of carbonyl (C=O) groups excluding carboxylic acids is 1. The van der Waals surface area contributed by atoms with Gasteiger partial charge in [-0.3, -0.25) is 4.79 Å². The Morgan fingerprint density at radius 2 is 2.00 bits per heavy atom. The van der Waals surface area contributed by atoms with Gasteiger partial charge in [-0.2, -0.15) is 0 Å². The number of ether oxygens (including phenoxy) is 1. The van der Waals surface area contributed by atoms with Crippen LogP contribution < -0.4 is 5.32 Å². The summed E-state index contributed by atoms with van der Waals surface area (Å²) in [5.41, 5.74) is 1.65. The molecule has 0 heterocycles. The molecule has 0 aliphatic heterocycles. The monoisotopic (exact) mass is 335 g/mol. The van der Waals surface area contributed by atoms with Crippen molar-refractivity contribution in [1.82, 2.24) is 5.32 Å². The van der Waals surface area contributed by atoms with Crippen LogP contribution in [0.2, 0.25) is 5.02 Å². The smallest absolute Gasteiger partial charge is 0.251 e. The third-order valence-corrected chi connectivity index (χ3v) is 4.24. The minimum absolute atomic E-state index is 0.0605. The van der Waals surface area contributed by atoms with Gasteiger partial charge in [0.1, 0.15) is 0 Å². The molecule has 22 heavy (non-hydrogen) atoms. The Hall–Kier alpha value is -1.49. The third kappa shape index (κ3) is 5.37. The fourth-order valence-corrected chi connectivity index (χ4v) is 2.83. The van der Waals surface area contributed by atoms with Crippen LogP contribution in [0.5, 0.6) is 0 Å². The first-order valence-electron chi connectivity index (χ1n) is 6.93. The lowest BCUT2D eigenvalue weighted by Crippen LogP contribution is -2.25. The lowest BCUT2D eigenvalue weighted by atomic mass is 10.1. The van der Waals surface area contributed by atoms with Crippen LogP contribution in [0.1, 0.15) is 15.9 Å². The van der Waals surface area contributed by atoms with Crippen LogP contribution in [0.15, 0.2) is 53.4 Å². The molecule has 0 spiro atoms. The van der Waals surface area contributed by atoms with E-state index in [2.05, 4.69) is 5.32 Å². The highest BCUT2D eigenvalue weighted by Crippen LogP contribution is 2.19. The van der Waals surface area contributed by atoms with Crippen LogP contribution in [-0.2, 0) is 11.3 Å². The van der Waals surface area contributed by atoms with E-state index in [-0.39, 0.29) is 5.91 Å². The molecule has 2 rings (SSSR count). The van der Waals surface area contributed by atoms with Crippen LogP contribution in [0.4, 0.5) is 0 Å². The third-order valence-electron chi connectivity index (χ3n) is 2.97. The summed E-state index contributed by atoms with van der Waals surface area (Å²) < 4.78 is 5.07. The van der Waals surface area contributed by atoms with E-state index in [1.165, 1.54) is 0 Å². The van der Waals surface area contributed by atoms with Crippen LogP contribution >= 0.6 is 23.4 Å². The molecular weight excluding hydrogens is 318 g/mol. The predicted molar refractivity (Wildman–Crippen MR) is 91.7 cm³/mol. The van der Waals surface area contributed by atoms with E-state index >= 15 is 0 Å². The van der Waals surface area contributed by atoms with E-state index in [4.69, 9.17) is 16.3 Å². The van der Waals surface area contributed by atoms with Gasteiger partial charge in [0.25, 0.3) is 5.91 Å². The topological polar surface area (TPSA) is 38.3 Å². The number of halogens is 1. The second-order valence-corrected chi connectivity index (χ2v) is 6.30. The van der Waals surface area contributed by atoms with Crippen molar-refractivity contribution in [2.45, 2.75) is 11.5 Å². The van der Waals surface area contributed by atoms with Crippen LogP contribution in [0.25, 0.3) is 0 Å². The highest BCUT2D eigenvalue weighted by Gasteiger charge is 2.05. The maximum absolute atomic E-state index is 12.1. The minimum Gasteiger partial charge on any atom is -0.380 e. The Labute approximate surface area is 140 Å². The largest absolute Gasteiger partial charge is 0.380 e. The molecule has 0 saturated carbocycles. The standard InChI is InChI=1S/C17H18ClNO2S/c1-21-12-13-3-2-4-14(11-13)17(20)19-9-10-22-16-7-5-15(18)6-8-16/h2-8,11H,9-10,12H2,1H3,(H,19,20). The van der Waals surface area contributed by atoms with Crippen molar-refractivity contribution in [3.8, 4) is 0 Å². The Balaban J connectivity index is 1.77. The molecule has 0 saturated heterocycles. The first kappa shape index (κ1) is 16.9. The number of amides is 1. The molecule has 1 N–H and O–H groups in total. The molecule has 0 aliphatic carbocycles. The molecule has 116 valence electrons. The van der Waals surface area contributed by atoms with Gasteiger partial charge in [0.2, 0.25) is 0 Å². The van der Waals surface area contributed by atoms with E-state index in [9.17, 15) is 4.79 Å². The highest BCUT2D eigenvalue weighted by atomic mass is 35.5. The molecule has 0 aliphatic rings. The van der Waals surface area contributed by atoms with E-state index in [0.717, 1.165) is 21.2 Å². The molecule has 2 aromatic rings. The van der Waals surface area contributed by atoms with Crippen LogP contribution in [-0.4, -0.2) is 25.3 Å². The van der Waals surface area contributed by atoms with Gasteiger partial charge < -0.3 is 10.1 Å². The van der Waals surface area contributed by atoms with Gasteiger partial charge in [0.15, 0.2) is 0 Å². The summed E-state index contributed by atoms with van der Waals surface area (Å²) >= 11 is 7.53. The first-order chi connectivity index (χ1) is 10.7. The Bertz CT molecular complexity index is 616. The molecule has 3 nitrogen and oxygen atoms in total. The number of methoxy groups -OCH3 is 1. The van der Waals surface area contributed by atoms with Gasteiger partial charge in [-0.25, -0.2) is 0 Å². The van der Waals surface area contributed by atoms with Crippen molar-refractivity contribution in [3.05, 3.63) is 64.7 Å². The zero-order valence-corrected chi connectivity index (χ0v) is 13.9. The number of hydrogen-bond donors (Lipinski definition) is 1. The maximum Gasteiger partial charge on any atom is 0.251 e. The van der Waals surface area contributed by atoms with Gasteiger partial charge >= 0.3 is 0 Å². The summed E-state index contributed by atoms with van der Waals surface area (Å²) in [7, 11) is 1.64. The van der Waals surface area contributed by atoms with E-state index in [1.54, 1.807) is 24.9 Å². The summed E-state index contributed by atoms with van der Waals surface area (Å²) in [6.45, 7) is 1.12. The first-order valence-corrected chi connectivity index (χ1v) is 8.30. The van der Waals surface area contributed by atoms with E-state index in [0.29, 0.717) is 18.7 Å². The molecule has 1 amide bonds. The quantitative estimate of drug-likeness (QED) is 0.613. The van der Waals surface area contributed by atoms with Gasteiger partial charge in [-0.1, -0.05) is 23.7 Å². The summed E-state index contributed by atoms with van der Waals surface area (Å²) in [4.78, 5) is 13.2. The maximum atomic E-state index is 12.1. The fourth-order valence-electron chi connectivity index (χ4n) is 1.94. The van der Waals surface area contributed by atoms with E-state index in [1.807, 2.05) is 42.5 Å². The molecule has 0 unspecified atom stereocenters. The molecule has 0 aromatic heterocycles. The van der Waals surface area contributed by atoms with E-state index < -0.39 is 0 Å². The summed E-state index contributed by atoms with van der Waals surface area (Å²) in [5.74, 6) is 0.750. The highest BCUT2D eigenvalue weighted by molar-refractivity contribution is 7.99. The number of carbonyl (C=O) groups is 1. The average Bonchev–Trinajstić information content (AvgIpc) is 2.53. The summed E-state index contributed by atoms with van der Waals surface area (Å²) in [5, 5.41) is 3.65. The van der Waals surface area contributed by atoms with Crippen molar-refractivity contribution < 1.29 is 9.53 Å². The van der Waals surface area contributed by atoms with Crippen molar-refractivity contribution in [1.29, 1.82) is 0 Å². The van der Waals surface area contributed by atoms with Crippen molar-refractivity contribution in [2.75, 3.05) is 19.4 Å². The molecule has 0 bridgehead atoms. The zero-order valence-electron chi connectivity index (χ0n) is 12.3. The minimum atomic E-state index is -0.0605. The van der Waals surface area contributed by atoms with Gasteiger partial charge in [-0.05, 0) is 42.0 Å². The second-order valence-electron chi connectivity index (χ2n) is 4.69. The molecule has 5 heteroatoms. The number of thioether (sulfide) groups is 1. The molecular formula is C17H18ClNO2S. The normalized spacial score (nSPS) is 10.5. The predicted octanol–water partition coefficient (Wildman–Crippen LogP) is 4.01. The lowest BCUT2D eigenvalue weighted by Gasteiger charge is -2.07. The summed E-state index contributed by atoms with van der Waals surface area (Å²) in [6.07, 6.45) is 0. The molecule has 0 fully saturated rings. The van der Waals surface area contributed by atoms with Crippen LogP contribution in [0.3, 0.4) is 0 Å². The fraction of sp³-hybridized carbons (Fsp3) is 0.235. The number of rotatable bonds is 7. The second kappa shape index (κ2) is 8.83. The zero-order chi connectivity index (χ0) is 15.8. The summed E-state index contributed by atoms with van der Waals surface area (Å²) in [6, 6.07) is 15.1. The Kier molecular flexibility index (Phi) is 6.77. The van der Waals surface area contributed by atoms with Crippen molar-refractivity contribution in [3.63, 3.8) is 0 Å².